The molecule has 1 aromatic rings. The van der Waals surface area contributed by atoms with Crippen molar-refractivity contribution in [2.75, 3.05) is 32.8 Å². The minimum absolute atomic E-state index is 0.0910. The molecule has 0 aromatic heterocycles. The molecule has 1 atom stereocenters. The lowest BCUT2D eigenvalue weighted by Crippen LogP contribution is -2.64. The van der Waals surface area contributed by atoms with Crippen molar-refractivity contribution in [2.45, 2.75) is 31.3 Å². The maximum absolute atomic E-state index is 12.0. The number of nitrogens with two attached hydrogens (primary N) is 1. The number of amides is 1. The van der Waals surface area contributed by atoms with Gasteiger partial charge in [-0.1, -0.05) is 6.07 Å². The summed E-state index contributed by atoms with van der Waals surface area (Å²) in [4.78, 5) is 25.8. The van der Waals surface area contributed by atoms with E-state index in [1.54, 1.807) is 19.1 Å². The van der Waals surface area contributed by atoms with Crippen molar-refractivity contribution < 1.29 is 34.2 Å². The fraction of sp³-hybridized carbons (Fsp3) is 0.556. The van der Waals surface area contributed by atoms with E-state index >= 15 is 0 Å². The number of carbonyl (C=O) groups is 2. The van der Waals surface area contributed by atoms with Crippen molar-refractivity contribution in [3.63, 3.8) is 0 Å². The summed E-state index contributed by atoms with van der Waals surface area (Å²) >= 11 is 0. The van der Waals surface area contributed by atoms with E-state index < -0.39 is 18.6 Å². The van der Waals surface area contributed by atoms with Crippen LogP contribution in [0.15, 0.2) is 12.1 Å². The highest BCUT2D eigenvalue weighted by Crippen LogP contribution is 2.37. The number of fused-ring (bicyclic) bond motifs is 1. The van der Waals surface area contributed by atoms with Crippen molar-refractivity contribution in [2.24, 2.45) is 5.73 Å². The number of aromatic carboxylic acids is 1. The number of carboxylic acid groups (broad SMARTS) is 1. The minimum Gasteiger partial charge on any atom is -0.535 e. The van der Waals surface area contributed by atoms with Crippen LogP contribution < -0.4 is 20.4 Å². The van der Waals surface area contributed by atoms with Gasteiger partial charge >= 0.3 is 13.1 Å². The van der Waals surface area contributed by atoms with Gasteiger partial charge in [-0.3, -0.25) is 9.69 Å². The molecule has 1 aromatic carbocycles. The van der Waals surface area contributed by atoms with Gasteiger partial charge in [0.05, 0.1) is 6.61 Å². The van der Waals surface area contributed by atoms with Crippen molar-refractivity contribution in [1.82, 2.24) is 10.2 Å². The highest BCUT2D eigenvalue weighted by atomic mass is 16.5. The molecule has 29 heavy (non-hydrogen) atoms. The Morgan fingerprint density at radius 2 is 2.17 bits per heavy atom. The molecule has 2 aliphatic heterocycles. The zero-order valence-corrected chi connectivity index (χ0v) is 16.3. The zero-order chi connectivity index (χ0) is 21.2. The molecule has 1 fully saturated rings. The van der Waals surface area contributed by atoms with Crippen LogP contribution in [0.4, 0.5) is 0 Å². The summed E-state index contributed by atoms with van der Waals surface area (Å²) in [5, 5.41) is 30.7. The van der Waals surface area contributed by atoms with E-state index in [0.717, 1.165) is 5.56 Å². The lowest BCUT2D eigenvalue weighted by atomic mass is 9.78. The third-order valence-electron chi connectivity index (χ3n) is 5.01. The molecule has 3 rings (SSSR count). The lowest BCUT2D eigenvalue weighted by molar-refractivity contribution is -0.127. The molecule has 1 saturated heterocycles. The number of nitrogens with one attached hydrogen (secondary N) is 1. The number of ether oxygens (including phenoxy) is 1. The molecule has 10 nitrogen and oxygen atoms in total. The zero-order valence-electron chi connectivity index (χ0n) is 16.3. The fourth-order valence-electron chi connectivity index (χ4n) is 3.53. The first-order valence-corrected chi connectivity index (χ1v) is 9.52. The van der Waals surface area contributed by atoms with Gasteiger partial charge in [0, 0.05) is 26.2 Å². The Morgan fingerprint density at radius 3 is 2.83 bits per heavy atom. The summed E-state index contributed by atoms with van der Waals surface area (Å²) in [5.41, 5.74) is 5.58. The van der Waals surface area contributed by atoms with Gasteiger partial charge in [-0.05, 0) is 31.3 Å². The molecule has 2 heterocycles. The number of aryl methyl sites for hydroxylation is 1. The topological polar surface area (TPSA) is 155 Å². The van der Waals surface area contributed by atoms with Crippen LogP contribution in [0.5, 0.6) is 11.5 Å². The summed E-state index contributed by atoms with van der Waals surface area (Å²) in [6.45, 7) is 2.87. The number of hydrogen-bond donors (Lipinski definition) is 5. The number of aliphatic hydroxyl groups excluding tert-OH is 1. The summed E-state index contributed by atoms with van der Waals surface area (Å²) < 4.78 is 11.2. The molecule has 158 valence electrons. The predicted octanol–water partition coefficient (Wildman–Crippen LogP) is -1.31. The Balaban J connectivity index is 1.61. The minimum atomic E-state index is -1.18. The summed E-state index contributed by atoms with van der Waals surface area (Å²) in [5.74, 6) is -1.20. The number of aliphatic hydroxyl groups is 1. The van der Waals surface area contributed by atoms with Crippen molar-refractivity contribution in [3.8, 4) is 11.5 Å². The average molecular weight is 407 g/mol. The Labute approximate surface area is 168 Å². The van der Waals surface area contributed by atoms with E-state index in [2.05, 4.69) is 5.32 Å². The lowest BCUT2D eigenvalue weighted by Gasteiger charge is -2.42. The largest absolute Gasteiger partial charge is 0.535 e. The number of likely N-dealkylation sites (tertiary alicyclic amines) is 1. The first-order valence-electron chi connectivity index (χ1n) is 9.52. The van der Waals surface area contributed by atoms with Crippen LogP contribution in [-0.4, -0.2) is 83.6 Å². The second-order valence-corrected chi connectivity index (χ2v) is 7.67. The molecule has 0 bridgehead atoms. The third-order valence-corrected chi connectivity index (χ3v) is 5.01. The van der Waals surface area contributed by atoms with E-state index in [1.807, 2.05) is 4.90 Å². The SMILES string of the molecule is C[C@@](N)(CN1CC(Oc2ccc3c(c2C(=O)O)OB(O)CC3)C1)C(=O)NCCO. The molecule has 11 heteroatoms. The van der Waals surface area contributed by atoms with Crippen LogP contribution in [0.25, 0.3) is 0 Å². The monoisotopic (exact) mass is 407 g/mol. The molecule has 6 N–H and O–H groups in total. The Bertz CT molecular complexity index is 783. The van der Waals surface area contributed by atoms with Crippen LogP contribution in [0.2, 0.25) is 6.32 Å². The number of hydrogen-bond acceptors (Lipinski definition) is 8. The first kappa shape index (κ1) is 21.4. The quantitative estimate of drug-likeness (QED) is 0.330. The summed E-state index contributed by atoms with van der Waals surface area (Å²) in [6.07, 6.45) is 0.686. The molecule has 0 aliphatic carbocycles. The smallest absolute Gasteiger partial charge is 0.522 e. The molecule has 2 aliphatic rings. The van der Waals surface area contributed by atoms with Gasteiger partial charge in [-0.2, -0.15) is 0 Å². The summed E-state index contributed by atoms with van der Waals surface area (Å²) in [6, 6.07) is 3.36. The van der Waals surface area contributed by atoms with Crippen LogP contribution in [-0.2, 0) is 11.2 Å². The second kappa shape index (κ2) is 8.58. The third kappa shape index (κ3) is 4.81. The van der Waals surface area contributed by atoms with E-state index in [-0.39, 0.29) is 42.2 Å². The van der Waals surface area contributed by atoms with Gasteiger partial charge in [0.2, 0.25) is 5.91 Å². The van der Waals surface area contributed by atoms with E-state index in [0.29, 0.717) is 32.4 Å². The van der Waals surface area contributed by atoms with Crippen LogP contribution in [0.1, 0.15) is 22.8 Å². The number of carbonyl (C=O) groups excluding carboxylic acids is 1. The molecular weight excluding hydrogens is 381 g/mol. The van der Waals surface area contributed by atoms with Crippen molar-refractivity contribution in [3.05, 3.63) is 23.3 Å². The van der Waals surface area contributed by atoms with Crippen LogP contribution >= 0.6 is 0 Å². The predicted molar refractivity (Wildman–Crippen MR) is 104 cm³/mol. The molecule has 0 unspecified atom stereocenters. The van der Waals surface area contributed by atoms with E-state index in [1.165, 1.54) is 0 Å². The molecule has 0 saturated carbocycles. The second-order valence-electron chi connectivity index (χ2n) is 7.67. The molecule has 1 amide bonds. The van der Waals surface area contributed by atoms with Gasteiger partial charge in [0.1, 0.15) is 28.7 Å². The van der Waals surface area contributed by atoms with Crippen LogP contribution in [0, 0.1) is 0 Å². The van der Waals surface area contributed by atoms with Gasteiger partial charge in [0.25, 0.3) is 0 Å². The van der Waals surface area contributed by atoms with Gasteiger partial charge < -0.3 is 35.7 Å². The normalized spacial score (nSPS) is 18.8. The van der Waals surface area contributed by atoms with Gasteiger partial charge in [-0.15, -0.1) is 0 Å². The van der Waals surface area contributed by atoms with Gasteiger partial charge in [0.15, 0.2) is 0 Å². The summed E-state index contributed by atoms with van der Waals surface area (Å²) in [7, 11) is -1.03. The van der Waals surface area contributed by atoms with Crippen molar-refractivity contribution in [1.29, 1.82) is 0 Å². The maximum atomic E-state index is 12.0. The highest BCUT2D eigenvalue weighted by molar-refractivity contribution is 6.44. The van der Waals surface area contributed by atoms with Gasteiger partial charge in [-0.25, -0.2) is 4.79 Å². The fourth-order valence-corrected chi connectivity index (χ4v) is 3.53. The Kier molecular flexibility index (Phi) is 6.32. The molecule has 0 radical (unpaired) electrons. The number of carboxylic acids is 1. The number of nitrogens with zero attached hydrogens (tertiary/aromatic N) is 1. The number of benzene rings is 1. The van der Waals surface area contributed by atoms with E-state index in [4.69, 9.17) is 20.2 Å². The maximum Gasteiger partial charge on any atom is 0.522 e. The number of rotatable bonds is 8. The van der Waals surface area contributed by atoms with Crippen molar-refractivity contribution >= 4 is 19.0 Å². The Morgan fingerprint density at radius 1 is 1.45 bits per heavy atom. The van der Waals surface area contributed by atoms with Crippen LogP contribution in [0.3, 0.4) is 0 Å². The highest BCUT2D eigenvalue weighted by Gasteiger charge is 2.38. The van der Waals surface area contributed by atoms with E-state index in [9.17, 15) is 19.7 Å². The molecular formula is C18H26BN3O7. The average Bonchev–Trinajstić information content (AvgIpc) is 2.63. The first-order chi connectivity index (χ1) is 13.7. The Hall–Kier alpha value is -2.34. The molecule has 0 spiro atoms. The standard InChI is InChI=1S/C18H26BN3O7/c1-18(20,17(26)21-6-7-23)10-22-8-12(9-22)28-13-3-2-11-4-5-19(27)29-15(11)14(13)16(24)25/h2-3,12,23,27H,4-10,20H2,1H3,(H,21,26)(H,24,25)/t18-/m1/s1.